The highest BCUT2D eigenvalue weighted by atomic mass is 16.5. The van der Waals surface area contributed by atoms with Gasteiger partial charge in [-0.3, -0.25) is 4.99 Å². The molecule has 0 spiro atoms. The van der Waals surface area contributed by atoms with E-state index in [0.717, 1.165) is 17.9 Å². The third-order valence-electron chi connectivity index (χ3n) is 1.61. The molecule has 0 aromatic heterocycles. The van der Waals surface area contributed by atoms with Crippen molar-refractivity contribution in [2.45, 2.75) is 13.8 Å². The van der Waals surface area contributed by atoms with Gasteiger partial charge < -0.3 is 4.74 Å². The van der Waals surface area contributed by atoms with E-state index in [-0.39, 0.29) is 0 Å². The lowest BCUT2D eigenvalue weighted by Gasteiger charge is -2.01. The number of aliphatic imine (C=N–C) groups is 1. The normalized spacial score (nSPS) is 10.6. The van der Waals surface area contributed by atoms with Crippen LogP contribution in [0.25, 0.3) is 0 Å². The van der Waals surface area contributed by atoms with Crippen LogP contribution in [0.3, 0.4) is 0 Å². The Morgan fingerprint density at radius 2 is 1.92 bits per heavy atom. The molecular weight excluding hydrogens is 162 g/mol. The standard InChI is InChI=1S/C11H15NO/c1-3-12-9-10-5-7-11(8-6-10)13-4-2/h5-9H,3-4H2,1-2H3. The molecule has 0 heterocycles. The Morgan fingerprint density at radius 1 is 1.23 bits per heavy atom. The van der Waals surface area contributed by atoms with E-state index in [1.807, 2.05) is 44.3 Å². The summed E-state index contributed by atoms with van der Waals surface area (Å²) in [6.45, 7) is 5.53. The molecular formula is C11H15NO. The number of hydrogen-bond acceptors (Lipinski definition) is 2. The molecule has 1 aromatic carbocycles. The van der Waals surface area contributed by atoms with Gasteiger partial charge in [0.25, 0.3) is 0 Å². The van der Waals surface area contributed by atoms with Crippen molar-refractivity contribution in [1.82, 2.24) is 0 Å². The van der Waals surface area contributed by atoms with Gasteiger partial charge in [0.05, 0.1) is 6.61 Å². The molecule has 0 atom stereocenters. The predicted molar refractivity (Wildman–Crippen MR) is 55.7 cm³/mol. The highest BCUT2D eigenvalue weighted by Gasteiger charge is 1.90. The summed E-state index contributed by atoms with van der Waals surface area (Å²) in [5, 5.41) is 0. The van der Waals surface area contributed by atoms with Crippen molar-refractivity contribution in [2.75, 3.05) is 13.2 Å². The molecule has 0 saturated heterocycles. The molecule has 0 fully saturated rings. The van der Waals surface area contributed by atoms with Crippen LogP contribution in [0.15, 0.2) is 29.3 Å². The van der Waals surface area contributed by atoms with Crippen LogP contribution < -0.4 is 4.74 Å². The average molecular weight is 177 g/mol. The molecule has 13 heavy (non-hydrogen) atoms. The molecule has 0 aliphatic rings. The lowest BCUT2D eigenvalue weighted by atomic mass is 10.2. The number of nitrogens with zero attached hydrogens (tertiary/aromatic N) is 1. The van der Waals surface area contributed by atoms with Crippen molar-refractivity contribution in [3.63, 3.8) is 0 Å². The fourth-order valence-corrected chi connectivity index (χ4v) is 1.01. The Labute approximate surface area is 79.3 Å². The van der Waals surface area contributed by atoms with Crippen molar-refractivity contribution in [1.29, 1.82) is 0 Å². The van der Waals surface area contributed by atoms with E-state index in [9.17, 15) is 0 Å². The first kappa shape index (κ1) is 9.78. The Balaban J connectivity index is 2.64. The maximum Gasteiger partial charge on any atom is 0.119 e. The quantitative estimate of drug-likeness (QED) is 0.647. The minimum absolute atomic E-state index is 0.711. The summed E-state index contributed by atoms with van der Waals surface area (Å²) < 4.78 is 5.32. The van der Waals surface area contributed by atoms with Crippen molar-refractivity contribution in [2.24, 2.45) is 4.99 Å². The largest absolute Gasteiger partial charge is 0.494 e. The molecule has 0 amide bonds. The van der Waals surface area contributed by atoms with Gasteiger partial charge >= 0.3 is 0 Å². The molecule has 2 nitrogen and oxygen atoms in total. The van der Waals surface area contributed by atoms with Crippen LogP contribution in [0.5, 0.6) is 5.75 Å². The Morgan fingerprint density at radius 3 is 2.46 bits per heavy atom. The highest BCUT2D eigenvalue weighted by molar-refractivity contribution is 5.79. The molecule has 0 unspecified atom stereocenters. The smallest absolute Gasteiger partial charge is 0.119 e. The lowest BCUT2D eigenvalue weighted by molar-refractivity contribution is 0.340. The maximum atomic E-state index is 5.32. The molecule has 1 aromatic rings. The number of rotatable bonds is 4. The molecule has 0 saturated carbocycles. The lowest BCUT2D eigenvalue weighted by Crippen LogP contribution is -1.91. The van der Waals surface area contributed by atoms with Gasteiger partial charge in [0.2, 0.25) is 0 Å². The van der Waals surface area contributed by atoms with Crippen molar-refractivity contribution in [3.8, 4) is 5.75 Å². The zero-order chi connectivity index (χ0) is 9.52. The van der Waals surface area contributed by atoms with Crippen molar-refractivity contribution < 1.29 is 4.74 Å². The molecule has 0 N–H and O–H groups in total. The topological polar surface area (TPSA) is 21.6 Å². The van der Waals surface area contributed by atoms with Crippen LogP contribution >= 0.6 is 0 Å². The summed E-state index contributed by atoms with van der Waals surface area (Å²) in [4.78, 5) is 4.15. The van der Waals surface area contributed by atoms with E-state index in [0.29, 0.717) is 6.61 Å². The number of benzene rings is 1. The second-order valence-corrected chi connectivity index (χ2v) is 2.63. The average Bonchev–Trinajstić information content (AvgIpc) is 2.17. The van der Waals surface area contributed by atoms with E-state index in [2.05, 4.69) is 4.99 Å². The molecule has 70 valence electrons. The second-order valence-electron chi connectivity index (χ2n) is 2.63. The highest BCUT2D eigenvalue weighted by Crippen LogP contribution is 2.10. The zero-order valence-electron chi connectivity index (χ0n) is 8.16. The van der Waals surface area contributed by atoms with Crippen molar-refractivity contribution >= 4 is 6.21 Å². The van der Waals surface area contributed by atoms with Crippen LogP contribution in [0, 0.1) is 0 Å². The van der Waals surface area contributed by atoms with Gasteiger partial charge in [-0.25, -0.2) is 0 Å². The minimum Gasteiger partial charge on any atom is -0.494 e. The summed E-state index contributed by atoms with van der Waals surface area (Å²) in [5.74, 6) is 0.913. The van der Waals surface area contributed by atoms with Gasteiger partial charge in [-0.15, -0.1) is 0 Å². The Kier molecular flexibility index (Phi) is 4.03. The summed E-state index contributed by atoms with van der Waals surface area (Å²) in [6, 6.07) is 7.93. The third-order valence-corrected chi connectivity index (χ3v) is 1.61. The fourth-order valence-electron chi connectivity index (χ4n) is 1.01. The van der Waals surface area contributed by atoms with Crippen LogP contribution in [0.1, 0.15) is 19.4 Å². The van der Waals surface area contributed by atoms with Crippen LogP contribution in [0.4, 0.5) is 0 Å². The Bertz CT molecular complexity index is 264. The van der Waals surface area contributed by atoms with Crippen LogP contribution in [0.2, 0.25) is 0 Å². The van der Waals surface area contributed by atoms with E-state index in [1.165, 1.54) is 0 Å². The first-order valence-corrected chi connectivity index (χ1v) is 4.59. The van der Waals surface area contributed by atoms with E-state index >= 15 is 0 Å². The van der Waals surface area contributed by atoms with E-state index in [4.69, 9.17) is 4.74 Å². The summed E-state index contributed by atoms with van der Waals surface area (Å²) in [6.07, 6.45) is 1.87. The van der Waals surface area contributed by atoms with Gasteiger partial charge in [0.15, 0.2) is 0 Å². The van der Waals surface area contributed by atoms with Gasteiger partial charge in [-0.05, 0) is 43.7 Å². The van der Waals surface area contributed by atoms with Gasteiger partial charge in [0.1, 0.15) is 5.75 Å². The van der Waals surface area contributed by atoms with Gasteiger partial charge in [-0.1, -0.05) is 0 Å². The molecule has 0 aliphatic heterocycles. The van der Waals surface area contributed by atoms with Crippen LogP contribution in [-0.4, -0.2) is 19.4 Å². The SMILES string of the molecule is CCN=Cc1ccc(OCC)cc1. The molecule has 0 bridgehead atoms. The third kappa shape index (κ3) is 3.28. The summed E-state index contributed by atoms with van der Waals surface area (Å²) in [5.41, 5.74) is 1.12. The minimum atomic E-state index is 0.711. The van der Waals surface area contributed by atoms with E-state index in [1.54, 1.807) is 0 Å². The van der Waals surface area contributed by atoms with Crippen LogP contribution in [-0.2, 0) is 0 Å². The van der Waals surface area contributed by atoms with Crippen molar-refractivity contribution in [3.05, 3.63) is 29.8 Å². The maximum absolute atomic E-state index is 5.32. The fraction of sp³-hybridized carbons (Fsp3) is 0.364. The molecule has 1 rings (SSSR count). The first-order chi connectivity index (χ1) is 6.36. The monoisotopic (exact) mass is 177 g/mol. The van der Waals surface area contributed by atoms with Gasteiger partial charge in [-0.2, -0.15) is 0 Å². The molecule has 0 radical (unpaired) electrons. The second kappa shape index (κ2) is 5.36. The summed E-state index contributed by atoms with van der Waals surface area (Å²) in [7, 11) is 0. The van der Waals surface area contributed by atoms with E-state index < -0.39 is 0 Å². The Hall–Kier alpha value is -1.31. The zero-order valence-corrected chi connectivity index (χ0v) is 8.16. The number of hydrogen-bond donors (Lipinski definition) is 0. The first-order valence-electron chi connectivity index (χ1n) is 4.59. The molecule has 0 aliphatic carbocycles. The van der Waals surface area contributed by atoms with Gasteiger partial charge in [0, 0.05) is 12.8 Å². The summed E-state index contributed by atoms with van der Waals surface area (Å²) >= 11 is 0. The molecule has 2 heteroatoms. The number of ether oxygens (including phenoxy) is 1. The predicted octanol–water partition coefficient (Wildman–Crippen LogP) is 2.52.